The largest absolute Gasteiger partial charge is 0.457 e. The van der Waals surface area contributed by atoms with Crippen molar-refractivity contribution in [3.8, 4) is 22.6 Å². The normalized spacial score (nSPS) is 13.2. The van der Waals surface area contributed by atoms with E-state index in [2.05, 4.69) is 37.4 Å². The third kappa shape index (κ3) is 6.83. The molecule has 0 saturated carbocycles. The first-order chi connectivity index (χ1) is 21.6. The van der Waals surface area contributed by atoms with Gasteiger partial charge in [-0.25, -0.2) is 0 Å². The van der Waals surface area contributed by atoms with Crippen molar-refractivity contribution in [2.75, 3.05) is 0 Å². The molecule has 0 spiro atoms. The molecule has 0 amide bonds. The fourth-order valence-corrected chi connectivity index (χ4v) is 5.38. The van der Waals surface area contributed by atoms with Crippen molar-refractivity contribution in [2.24, 2.45) is 0 Å². The molecule has 6 heteroatoms. The van der Waals surface area contributed by atoms with Gasteiger partial charge in [0.05, 0.1) is 5.41 Å². The van der Waals surface area contributed by atoms with E-state index in [9.17, 15) is 19.8 Å². The molecule has 0 saturated heterocycles. The van der Waals surface area contributed by atoms with Gasteiger partial charge in [-0.15, -0.1) is 0 Å². The first-order valence-corrected chi connectivity index (χ1v) is 15.1. The van der Waals surface area contributed by atoms with Crippen LogP contribution in [0.3, 0.4) is 0 Å². The first kappa shape index (κ1) is 34.7. The molecule has 234 valence electrons. The van der Waals surface area contributed by atoms with Gasteiger partial charge in [-0.05, 0) is 82.6 Å². The summed E-state index contributed by atoms with van der Waals surface area (Å²) < 4.78 is 11.0. The number of fused-ring (bicyclic) bond motifs is 3. The number of Topliss-reactive ketones (excluding diaryl/α,β-unsaturated/α-hetero) is 2. The number of carbonyl (C=O) groups excluding carboxylic acids is 2. The minimum Gasteiger partial charge on any atom is -0.457 e. The van der Waals surface area contributed by atoms with E-state index in [1.165, 1.54) is 13.8 Å². The molecule has 2 atom stereocenters. The second-order valence-electron chi connectivity index (χ2n) is 10.1. The van der Waals surface area contributed by atoms with Crippen LogP contribution < -0.4 is 9.47 Å². The number of benzene rings is 4. The van der Waals surface area contributed by atoms with Crippen molar-refractivity contribution in [3.63, 3.8) is 0 Å². The Labute approximate surface area is 266 Å². The highest BCUT2D eigenvalue weighted by molar-refractivity contribution is 5.97. The molecule has 4 aromatic rings. The molecule has 0 fully saturated rings. The van der Waals surface area contributed by atoms with Gasteiger partial charge < -0.3 is 19.7 Å². The van der Waals surface area contributed by atoms with Crippen LogP contribution in [0.4, 0.5) is 0 Å². The molecular weight excluding hydrogens is 564 g/mol. The number of aliphatic hydroxyl groups excluding tert-OH is 2. The Bertz CT molecular complexity index is 1520. The molecule has 4 aromatic carbocycles. The smallest absolute Gasteiger partial charge is 0.261 e. The minimum atomic E-state index is -1.64. The van der Waals surface area contributed by atoms with Gasteiger partial charge in [-0.1, -0.05) is 114 Å². The topological polar surface area (TPSA) is 93.1 Å². The summed E-state index contributed by atoms with van der Waals surface area (Å²) >= 11 is 0. The predicted octanol–water partition coefficient (Wildman–Crippen LogP) is 7.79. The molecule has 0 bridgehead atoms. The molecule has 0 radical (unpaired) electrons. The molecule has 0 aliphatic heterocycles. The van der Waals surface area contributed by atoms with Crippen LogP contribution >= 0.6 is 0 Å². The van der Waals surface area contributed by atoms with E-state index in [0.717, 1.165) is 33.4 Å². The summed E-state index contributed by atoms with van der Waals surface area (Å²) in [6.45, 7) is 18.2. The molecule has 2 N–H and O–H groups in total. The highest BCUT2D eigenvalue weighted by Crippen LogP contribution is 2.56. The summed E-state index contributed by atoms with van der Waals surface area (Å²) in [6, 6.07) is 31.1. The Morgan fingerprint density at radius 1 is 0.578 bits per heavy atom. The fraction of sp³-hybridized carbons (Fsp3) is 0.231. The van der Waals surface area contributed by atoms with Crippen LogP contribution in [-0.4, -0.2) is 34.4 Å². The molecule has 0 heterocycles. The van der Waals surface area contributed by atoms with Crippen molar-refractivity contribution < 1.29 is 29.3 Å². The maximum atomic E-state index is 12.1. The monoisotopic (exact) mass is 606 g/mol. The molecular formula is C39H42O6. The van der Waals surface area contributed by atoms with Crippen LogP contribution in [0.15, 0.2) is 121 Å². The number of carbonyl (C=O) groups is 2. The van der Waals surface area contributed by atoms with Gasteiger partial charge in [0.15, 0.2) is 0 Å². The van der Waals surface area contributed by atoms with E-state index in [0.29, 0.717) is 11.5 Å². The highest BCUT2D eigenvalue weighted by Gasteiger charge is 2.45. The van der Waals surface area contributed by atoms with Crippen LogP contribution in [0.25, 0.3) is 11.1 Å². The van der Waals surface area contributed by atoms with E-state index < -0.39 is 29.6 Å². The number of hydrogen-bond donors (Lipinski definition) is 2. The van der Waals surface area contributed by atoms with E-state index in [-0.39, 0.29) is 11.1 Å². The Kier molecular flexibility index (Phi) is 11.8. The van der Waals surface area contributed by atoms with Gasteiger partial charge in [-0.3, -0.25) is 9.59 Å². The lowest BCUT2D eigenvalue weighted by Crippen LogP contribution is -2.29. The predicted molar refractivity (Wildman–Crippen MR) is 179 cm³/mol. The lowest BCUT2D eigenvalue weighted by molar-refractivity contribution is -0.137. The van der Waals surface area contributed by atoms with Gasteiger partial charge in [0.2, 0.25) is 11.6 Å². The molecule has 6 nitrogen and oxygen atoms in total. The second kappa shape index (κ2) is 15.3. The molecule has 5 rings (SSSR count). The quantitative estimate of drug-likeness (QED) is 0.125. The van der Waals surface area contributed by atoms with E-state index in [1.807, 2.05) is 76.2 Å². The zero-order chi connectivity index (χ0) is 33.3. The first-order valence-electron chi connectivity index (χ1n) is 15.1. The van der Waals surface area contributed by atoms with Gasteiger partial charge >= 0.3 is 0 Å². The molecule has 45 heavy (non-hydrogen) atoms. The molecule has 2 unspecified atom stereocenters. The minimum absolute atomic E-state index is 0.205. The average molecular weight is 607 g/mol. The number of rotatable bonds is 10. The Morgan fingerprint density at radius 2 is 0.889 bits per heavy atom. The van der Waals surface area contributed by atoms with E-state index in [1.54, 1.807) is 24.3 Å². The summed E-state index contributed by atoms with van der Waals surface area (Å²) in [5.41, 5.74) is 5.94. The van der Waals surface area contributed by atoms with Gasteiger partial charge in [-0.2, -0.15) is 0 Å². The fourth-order valence-electron chi connectivity index (χ4n) is 5.38. The highest BCUT2D eigenvalue weighted by atomic mass is 16.6. The van der Waals surface area contributed by atoms with Crippen LogP contribution in [-0.2, 0) is 15.0 Å². The van der Waals surface area contributed by atoms with Crippen molar-refractivity contribution in [3.05, 3.63) is 144 Å². The molecule has 1 aliphatic carbocycles. The maximum absolute atomic E-state index is 12.1. The average Bonchev–Trinajstić information content (AvgIpc) is 3.37. The van der Waals surface area contributed by atoms with E-state index in [4.69, 9.17) is 9.47 Å². The van der Waals surface area contributed by atoms with Crippen molar-refractivity contribution in [1.29, 1.82) is 0 Å². The zero-order valence-corrected chi connectivity index (χ0v) is 26.8. The van der Waals surface area contributed by atoms with Crippen molar-refractivity contribution >= 4 is 11.6 Å². The number of aliphatic hydroxyl groups is 2. The lowest BCUT2D eigenvalue weighted by Gasteiger charge is -2.34. The van der Waals surface area contributed by atoms with Crippen LogP contribution in [0, 0.1) is 0 Å². The number of hydrogen-bond acceptors (Lipinski definition) is 6. The van der Waals surface area contributed by atoms with Crippen LogP contribution in [0.5, 0.6) is 11.5 Å². The number of ketones is 2. The van der Waals surface area contributed by atoms with Crippen LogP contribution in [0.1, 0.15) is 63.8 Å². The van der Waals surface area contributed by atoms with Gasteiger partial charge in [0.1, 0.15) is 11.5 Å². The Balaban J connectivity index is 0.00000133. The van der Waals surface area contributed by atoms with Crippen molar-refractivity contribution in [1.82, 2.24) is 0 Å². The Hall–Kier alpha value is -4.78. The summed E-state index contributed by atoms with van der Waals surface area (Å²) in [7, 11) is 0. The molecule has 1 aliphatic rings. The maximum Gasteiger partial charge on any atom is 0.261 e. The summed E-state index contributed by atoms with van der Waals surface area (Å²) in [5.74, 6) is -0.487. The van der Waals surface area contributed by atoms with Gasteiger partial charge in [0.25, 0.3) is 12.6 Å². The summed E-state index contributed by atoms with van der Waals surface area (Å²) in [4.78, 5) is 24.2. The second-order valence-corrected chi connectivity index (χ2v) is 10.1. The van der Waals surface area contributed by atoms with Crippen molar-refractivity contribution in [2.45, 2.75) is 59.5 Å². The van der Waals surface area contributed by atoms with Crippen LogP contribution in [0.2, 0.25) is 0 Å². The Morgan fingerprint density at radius 3 is 1.20 bits per heavy atom. The summed E-state index contributed by atoms with van der Waals surface area (Å²) in [6.07, 6.45) is -3.28. The van der Waals surface area contributed by atoms with E-state index >= 15 is 0 Å². The lowest BCUT2D eigenvalue weighted by atomic mass is 9.68. The SMILES string of the molecule is C=C(C)C(=O)C(O)Oc1ccc(C2(c3ccc(OC(O)C(=O)C(=C)C)cc3)c3ccccc3-c3ccccc32)cc1.CC.CC. The third-order valence-electron chi connectivity index (χ3n) is 7.31. The van der Waals surface area contributed by atoms with Gasteiger partial charge in [0, 0.05) is 0 Å². The summed E-state index contributed by atoms with van der Waals surface area (Å²) in [5, 5.41) is 20.4. The molecule has 0 aromatic heterocycles. The number of ether oxygens (including phenoxy) is 2. The standard InChI is InChI=1S/C35H30O6.2C2H6/c1-21(2)31(36)33(38)40-25-17-13-23(14-18-25)35(24-15-19-26(20-16-24)41-34(39)32(37)22(3)4)29-11-7-5-9-27(29)28-10-6-8-12-30(28)35;2*1-2/h5-20,33-34,38-39H,1,3H2,2,4H3;2*1-2H3. The zero-order valence-electron chi connectivity index (χ0n) is 26.8. The third-order valence-corrected chi connectivity index (χ3v) is 7.31.